The third-order valence-corrected chi connectivity index (χ3v) is 3.03. The number of hydrogen-bond donors (Lipinski definition) is 0. The van der Waals surface area contributed by atoms with Crippen molar-refractivity contribution in [2.24, 2.45) is 0 Å². The van der Waals surface area contributed by atoms with E-state index in [2.05, 4.69) is 15.9 Å². The van der Waals surface area contributed by atoms with Crippen LogP contribution in [0.25, 0.3) is 0 Å². The molecule has 1 heterocycles. The van der Waals surface area contributed by atoms with Gasteiger partial charge in [0.2, 0.25) is 0 Å². The van der Waals surface area contributed by atoms with Crippen LogP contribution in [0.4, 0.5) is 13.2 Å². The number of hydrogen-bond acceptors (Lipinski definition) is 2. The Kier molecular flexibility index (Phi) is 3.47. The minimum Gasteiger partial charge on any atom is -0.342 e. The van der Waals surface area contributed by atoms with Gasteiger partial charge in [0.25, 0.3) is 0 Å². The Morgan fingerprint density at radius 3 is 2.18 bits per heavy atom. The summed E-state index contributed by atoms with van der Waals surface area (Å²) in [5.74, 6) is 0. The van der Waals surface area contributed by atoms with E-state index in [4.69, 9.17) is 9.47 Å². The van der Waals surface area contributed by atoms with Crippen molar-refractivity contribution in [2.45, 2.75) is 31.6 Å². The number of halogens is 4. The van der Waals surface area contributed by atoms with Gasteiger partial charge in [-0.1, -0.05) is 28.1 Å². The van der Waals surface area contributed by atoms with E-state index in [1.54, 1.807) is 24.3 Å². The molecule has 0 N–H and O–H groups in total. The van der Waals surface area contributed by atoms with Crippen LogP contribution in [0.5, 0.6) is 0 Å². The lowest BCUT2D eigenvalue weighted by Crippen LogP contribution is -2.35. The van der Waals surface area contributed by atoms with Crippen molar-refractivity contribution in [3.05, 3.63) is 34.3 Å². The van der Waals surface area contributed by atoms with Gasteiger partial charge in [0.15, 0.2) is 12.4 Å². The molecule has 0 amide bonds. The molecule has 1 aromatic rings. The summed E-state index contributed by atoms with van der Waals surface area (Å²) in [6.45, 7) is 1.36. The first-order valence-corrected chi connectivity index (χ1v) is 5.80. The van der Waals surface area contributed by atoms with Gasteiger partial charge in [0, 0.05) is 10.0 Å². The van der Waals surface area contributed by atoms with E-state index in [0.29, 0.717) is 5.56 Å². The fraction of sp³-hybridized carbons (Fsp3) is 0.455. The maximum atomic E-state index is 12.6. The largest absolute Gasteiger partial charge is 0.417 e. The van der Waals surface area contributed by atoms with Crippen LogP contribution in [-0.4, -0.2) is 18.4 Å². The predicted octanol–water partition coefficient (Wildman–Crippen LogP) is 3.81. The Morgan fingerprint density at radius 1 is 1.12 bits per heavy atom. The molecule has 0 aromatic heterocycles. The highest BCUT2D eigenvalue weighted by Crippen LogP contribution is 2.39. The van der Waals surface area contributed by atoms with Gasteiger partial charge in [-0.05, 0) is 19.1 Å². The molecular weight excluding hydrogens is 301 g/mol. The zero-order valence-corrected chi connectivity index (χ0v) is 10.5. The summed E-state index contributed by atoms with van der Waals surface area (Å²) in [5.41, 5.74) is 0.576. The molecule has 1 aliphatic rings. The van der Waals surface area contributed by atoms with E-state index >= 15 is 0 Å². The highest BCUT2D eigenvalue weighted by molar-refractivity contribution is 9.10. The number of alkyl halides is 3. The Labute approximate surface area is 105 Å². The summed E-state index contributed by atoms with van der Waals surface area (Å²) in [6.07, 6.45) is -8.21. The highest BCUT2D eigenvalue weighted by Gasteiger charge is 2.51. The lowest BCUT2D eigenvalue weighted by Gasteiger charge is -2.16. The van der Waals surface area contributed by atoms with E-state index in [1.165, 1.54) is 6.92 Å². The van der Waals surface area contributed by atoms with Crippen molar-refractivity contribution in [1.29, 1.82) is 0 Å². The van der Waals surface area contributed by atoms with Crippen molar-refractivity contribution in [1.82, 2.24) is 0 Å². The van der Waals surface area contributed by atoms with Crippen LogP contribution in [0.1, 0.15) is 18.8 Å². The zero-order chi connectivity index (χ0) is 12.6. The summed E-state index contributed by atoms with van der Waals surface area (Å²) in [4.78, 5) is 0. The molecule has 3 atom stereocenters. The van der Waals surface area contributed by atoms with Crippen molar-refractivity contribution in [3.63, 3.8) is 0 Å². The Morgan fingerprint density at radius 2 is 1.71 bits per heavy atom. The molecule has 17 heavy (non-hydrogen) atoms. The van der Waals surface area contributed by atoms with Crippen LogP contribution in [0.3, 0.4) is 0 Å². The third kappa shape index (κ3) is 2.81. The first-order chi connectivity index (χ1) is 7.88. The summed E-state index contributed by atoms with van der Waals surface area (Å²) in [7, 11) is 0. The van der Waals surface area contributed by atoms with Crippen LogP contribution in [0, 0.1) is 0 Å². The van der Waals surface area contributed by atoms with E-state index in [0.717, 1.165) is 4.47 Å². The van der Waals surface area contributed by atoms with Crippen LogP contribution >= 0.6 is 15.9 Å². The quantitative estimate of drug-likeness (QED) is 0.785. The third-order valence-electron chi connectivity index (χ3n) is 2.50. The van der Waals surface area contributed by atoms with Crippen molar-refractivity contribution in [2.75, 3.05) is 0 Å². The SMILES string of the molecule is C[C@@H]1O[C@@H](c2ccc(Br)cc2)O[C@@H]1C(F)(F)F. The molecule has 6 heteroatoms. The minimum absolute atomic E-state index is 0.576. The topological polar surface area (TPSA) is 18.5 Å². The molecule has 0 unspecified atom stereocenters. The first kappa shape index (κ1) is 12.9. The summed E-state index contributed by atoms with van der Waals surface area (Å²) < 4.78 is 48.6. The normalized spacial score (nSPS) is 29.6. The van der Waals surface area contributed by atoms with E-state index in [-0.39, 0.29) is 0 Å². The standard InChI is InChI=1S/C11H10BrF3O2/c1-6-9(11(13,14)15)17-10(16-6)7-2-4-8(12)5-3-7/h2-6,9-10H,1H3/t6-,9-,10+/m0/s1. The summed E-state index contributed by atoms with van der Waals surface area (Å²) in [5, 5.41) is 0. The summed E-state index contributed by atoms with van der Waals surface area (Å²) in [6, 6.07) is 6.79. The maximum Gasteiger partial charge on any atom is 0.417 e. The average Bonchev–Trinajstić information content (AvgIpc) is 2.61. The molecule has 0 spiro atoms. The molecular formula is C11H10BrF3O2. The van der Waals surface area contributed by atoms with Gasteiger partial charge < -0.3 is 9.47 Å². The second-order valence-corrected chi connectivity index (χ2v) is 4.74. The molecule has 94 valence electrons. The van der Waals surface area contributed by atoms with Gasteiger partial charge in [-0.2, -0.15) is 13.2 Å². The van der Waals surface area contributed by atoms with Gasteiger partial charge >= 0.3 is 6.18 Å². The predicted molar refractivity (Wildman–Crippen MR) is 58.4 cm³/mol. The monoisotopic (exact) mass is 310 g/mol. The number of ether oxygens (including phenoxy) is 2. The fourth-order valence-corrected chi connectivity index (χ4v) is 1.93. The van der Waals surface area contributed by atoms with Crippen LogP contribution in [0.15, 0.2) is 28.7 Å². The Balaban J connectivity index is 2.14. The van der Waals surface area contributed by atoms with Gasteiger partial charge in [0.1, 0.15) is 0 Å². The Hall–Kier alpha value is -0.590. The molecule has 2 nitrogen and oxygen atoms in total. The molecule has 0 radical (unpaired) electrons. The van der Waals surface area contributed by atoms with Crippen molar-refractivity contribution < 1.29 is 22.6 Å². The highest BCUT2D eigenvalue weighted by atomic mass is 79.9. The molecule has 1 fully saturated rings. The first-order valence-electron chi connectivity index (χ1n) is 5.01. The van der Waals surface area contributed by atoms with Crippen LogP contribution in [0.2, 0.25) is 0 Å². The van der Waals surface area contributed by atoms with Crippen molar-refractivity contribution in [3.8, 4) is 0 Å². The van der Waals surface area contributed by atoms with Crippen LogP contribution < -0.4 is 0 Å². The second-order valence-electron chi connectivity index (χ2n) is 3.82. The van der Waals surface area contributed by atoms with Gasteiger partial charge in [0.05, 0.1) is 6.10 Å². The number of benzene rings is 1. The second kappa shape index (κ2) is 4.59. The average molecular weight is 311 g/mol. The molecule has 1 aliphatic heterocycles. The molecule has 0 aliphatic carbocycles. The van der Waals surface area contributed by atoms with E-state index < -0.39 is 24.7 Å². The van der Waals surface area contributed by atoms with Crippen molar-refractivity contribution >= 4 is 15.9 Å². The van der Waals surface area contributed by atoms with Gasteiger partial charge in [-0.25, -0.2) is 0 Å². The lowest BCUT2D eigenvalue weighted by molar-refractivity contribution is -0.218. The molecule has 1 aromatic carbocycles. The molecule has 1 saturated heterocycles. The Bertz CT molecular complexity index is 391. The van der Waals surface area contributed by atoms with E-state index in [1.807, 2.05) is 0 Å². The fourth-order valence-electron chi connectivity index (χ4n) is 1.66. The van der Waals surface area contributed by atoms with Gasteiger partial charge in [-0.15, -0.1) is 0 Å². The lowest BCUT2D eigenvalue weighted by atomic mass is 10.2. The zero-order valence-electron chi connectivity index (χ0n) is 8.87. The molecule has 0 saturated carbocycles. The number of rotatable bonds is 1. The minimum atomic E-state index is -4.40. The smallest absolute Gasteiger partial charge is 0.342 e. The van der Waals surface area contributed by atoms with E-state index in [9.17, 15) is 13.2 Å². The van der Waals surface area contributed by atoms with Crippen LogP contribution in [-0.2, 0) is 9.47 Å². The molecule has 2 rings (SSSR count). The molecule has 0 bridgehead atoms. The summed E-state index contributed by atoms with van der Waals surface area (Å²) >= 11 is 3.25. The van der Waals surface area contributed by atoms with Gasteiger partial charge in [-0.3, -0.25) is 0 Å². The maximum absolute atomic E-state index is 12.6.